The fourth-order valence-electron chi connectivity index (χ4n) is 3.05. The summed E-state index contributed by atoms with van der Waals surface area (Å²) in [5.41, 5.74) is 9.39. The van der Waals surface area contributed by atoms with Crippen molar-refractivity contribution in [3.05, 3.63) is 23.8 Å². The van der Waals surface area contributed by atoms with Gasteiger partial charge in [-0.1, -0.05) is 6.07 Å². The fraction of sp³-hybridized carbons (Fsp3) is 0.538. The molecule has 2 aliphatic rings. The Morgan fingerprint density at radius 1 is 1.33 bits per heavy atom. The zero-order valence-corrected chi connectivity index (χ0v) is 9.24. The Labute approximate surface area is 91.1 Å². The summed E-state index contributed by atoms with van der Waals surface area (Å²) in [5, 5.41) is 0. The van der Waals surface area contributed by atoms with Crippen molar-refractivity contribution in [2.24, 2.45) is 5.92 Å². The first-order valence-electron chi connectivity index (χ1n) is 5.87. The topological polar surface area (TPSA) is 29.3 Å². The molecule has 2 nitrogen and oxygen atoms in total. The van der Waals surface area contributed by atoms with E-state index in [1.54, 1.807) is 0 Å². The van der Waals surface area contributed by atoms with Gasteiger partial charge in [-0.05, 0) is 49.8 Å². The molecule has 2 bridgehead atoms. The summed E-state index contributed by atoms with van der Waals surface area (Å²) >= 11 is 0. The number of hydrogen-bond acceptors (Lipinski definition) is 2. The van der Waals surface area contributed by atoms with Gasteiger partial charge in [-0.2, -0.15) is 0 Å². The molecule has 2 heteroatoms. The van der Waals surface area contributed by atoms with E-state index >= 15 is 0 Å². The van der Waals surface area contributed by atoms with Gasteiger partial charge >= 0.3 is 0 Å². The number of fused-ring (bicyclic) bond motifs is 2. The molecule has 2 atom stereocenters. The minimum atomic E-state index is 0.789. The van der Waals surface area contributed by atoms with Crippen LogP contribution in [0, 0.1) is 12.8 Å². The molecule has 80 valence electrons. The summed E-state index contributed by atoms with van der Waals surface area (Å²) in [5.74, 6) is 0.942. The Kier molecular flexibility index (Phi) is 1.91. The molecule has 1 heterocycles. The van der Waals surface area contributed by atoms with Gasteiger partial charge in [0.1, 0.15) is 0 Å². The molecule has 0 aromatic heterocycles. The SMILES string of the molecule is Cc1ccc(N2CC3CCC2C3)cc1N. The van der Waals surface area contributed by atoms with E-state index in [1.807, 2.05) is 0 Å². The second-order valence-electron chi connectivity index (χ2n) is 5.03. The molecule has 2 fully saturated rings. The van der Waals surface area contributed by atoms with Crippen LogP contribution in [0.15, 0.2) is 18.2 Å². The van der Waals surface area contributed by atoms with Gasteiger partial charge in [-0.25, -0.2) is 0 Å². The normalized spacial score (nSPS) is 28.7. The second kappa shape index (κ2) is 3.16. The number of aryl methyl sites for hydroxylation is 1. The zero-order chi connectivity index (χ0) is 10.4. The quantitative estimate of drug-likeness (QED) is 0.709. The first-order valence-corrected chi connectivity index (χ1v) is 5.87. The minimum absolute atomic E-state index is 0.789. The van der Waals surface area contributed by atoms with Crippen molar-refractivity contribution in [2.75, 3.05) is 17.2 Å². The lowest BCUT2D eigenvalue weighted by molar-refractivity contribution is 0.553. The van der Waals surface area contributed by atoms with Crippen LogP contribution in [0.25, 0.3) is 0 Å². The van der Waals surface area contributed by atoms with Crippen LogP contribution in [-0.2, 0) is 0 Å². The van der Waals surface area contributed by atoms with Crippen LogP contribution in [0.1, 0.15) is 24.8 Å². The lowest BCUT2D eigenvalue weighted by atomic mass is 10.1. The highest BCUT2D eigenvalue weighted by Gasteiger charge is 2.37. The number of nitrogens with zero attached hydrogens (tertiary/aromatic N) is 1. The summed E-state index contributed by atoms with van der Waals surface area (Å²) in [6.45, 7) is 3.31. The number of nitrogen functional groups attached to an aromatic ring is 1. The predicted molar refractivity (Wildman–Crippen MR) is 64.1 cm³/mol. The van der Waals surface area contributed by atoms with Gasteiger partial charge in [-0.15, -0.1) is 0 Å². The molecule has 2 N–H and O–H groups in total. The average molecular weight is 202 g/mol. The van der Waals surface area contributed by atoms with Gasteiger partial charge in [0.2, 0.25) is 0 Å². The summed E-state index contributed by atoms with van der Waals surface area (Å²) in [4.78, 5) is 2.55. The van der Waals surface area contributed by atoms with E-state index < -0.39 is 0 Å². The highest BCUT2D eigenvalue weighted by molar-refractivity contribution is 5.60. The minimum Gasteiger partial charge on any atom is -0.398 e. The summed E-state index contributed by atoms with van der Waals surface area (Å²) in [6, 6.07) is 7.27. The number of anilines is 2. The molecule has 1 aliphatic carbocycles. The van der Waals surface area contributed by atoms with E-state index in [2.05, 4.69) is 30.0 Å². The average Bonchev–Trinajstić information content (AvgIpc) is 2.83. The number of hydrogen-bond donors (Lipinski definition) is 1. The Bertz CT molecular complexity index is 386. The van der Waals surface area contributed by atoms with Crippen molar-refractivity contribution in [1.29, 1.82) is 0 Å². The molecule has 1 aromatic carbocycles. The highest BCUT2D eigenvalue weighted by atomic mass is 15.2. The molecular weight excluding hydrogens is 184 g/mol. The van der Waals surface area contributed by atoms with Crippen LogP contribution in [0.5, 0.6) is 0 Å². The van der Waals surface area contributed by atoms with Crippen LogP contribution >= 0.6 is 0 Å². The number of piperidine rings is 1. The lowest BCUT2D eigenvalue weighted by Crippen LogP contribution is -2.31. The van der Waals surface area contributed by atoms with Gasteiger partial charge in [0.05, 0.1) is 0 Å². The first-order chi connectivity index (χ1) is 7.24. The van der Waals surface area contributed by atoms with Crippen LogP contribution in [0.4, 0.5) is 11.4 Å². The Hall–Kier alpha value is -1.18. The van der Waals surface area contributed by atoms with Crippen molar-refractivity contribution < 1.29 is 0 Å². The van der Waals surface area contributed by atoms with Gasteiger partial charge in [0, 0.05) is 24.0 Å². The van der Waals surface area contributed by atoms with E-state index in [0.29, 0.717) is 0 Å². The molecule has 15 heavy (non-hydrogen) atoms. The van der Waals surface area contributed by atoms with Crippen molar-refractivity contribution in [2.45, 2.75) is 32.2 Å². The fourth-order valence-corrected chi connectivity index (χ4v) is 3.05. The third-order valence-electron chi connectivity index (χ3n) is 4.00. The molecule has 1 saturated heterocycles. The number of nitrogens with two attached hydrogens (primary N) is 1. The smallest absolute Gasteiger partial charge is 0.0389 e. The third kappa shape index (κ3) is 1.39. The molecule has 0 radical (unpaired) electrons. The van der Waals surface area contributed by atoms with Crippen molar-refractivity contribution in [1.82, 2.24) is 0 Å². The molecule has 3 rings (SSSR count). The van der Waals surface area contributed by atoms with E-state index in [4.69, 9.17) is 5.73 Å². The van der Waals surface area contributed by atoms with E-state index in [0.717, 1.165) is 17.6 Å². The molecule has 1 aliphatic heterocycles. The molecule has 1 saturated carbocycles. The summed E-state index contributed by atoms with van der Waals surface area (Å²) in [6.07, 6.45) is 4.20. The maximum Gasteiger partial charge on any atom is 0.0389 e. The van der Waals surface area contributed by atoms with Crippen LogP contribution < -0.4 is 10.6 Å². The largest absolute Gasteiger partial charge is 0.398 e. The zero-order valence-electron chi connectivity index (χ0n) is 9.24. The summed E-state index contributed by atoms with van der Waals surface area (Å²) in [7, 11) is 0. The van der Waals surface area contributed by atoms with E-state index in [-0.39, 0.29) is 0 Å². The van der Waals surface area contributed by atoms with Crippen molar-refractivity contribution in [3.8, 4) is 0 Å². The summed E-state index contributed by atoms with van der Waals surface area (Å²) < 4.78 is 0. The van der Waals surface area contributed by atoms with Crippen LogP contribution in [-0.4, -0.2) is 12.6 Å². The first kappa shape index (κ1) is 9.08. The van der Waals surface area contributed by atoms with Gasteiger partial charge in [0.15, 0.2) is 0 Å². The lowest BCUT2D eigenvalue weighted by Gasteiger charge is -2.29. The predicted octanol–water partition coefficient (Wildman–Crippen LogP) is 2.57. The van der Waals surface area contributed by atoms with Gasteiger partial charge in [-0.3, -0.25) is 0 Å². The van der Waals surface area contributed by atoms with E-state index in [1.165, 1.54) is 37.1 Å². The molecule has 1 aromatic rings. The molecular formula is C13H18N2. The monoisotopic (exact) mass is 202 g/mol. The molecule has 2 unspecified atom stereocenters. The van der Waals surface area contributed by atoms with Crippen LogP contribution in [0.2, 0.25) is 0 Å². The Morgan fingerprint density at radius 2 is 2.20 bits per heavy atom. The maximum atomic E-state index is 5.96. The second-order valence-corrected chi connectivity index (χ2v) is 5.03. The van der Waals surface area contributed by atoms with Gasteiger partial charge in [0.25, 0.3) is 0 Å². The third-order valence-corrected chi connectivity index (χ3v) is 4.00. The highest BCUT2D eigenvalue weighted by Crippen LogP contribution is 2.40. The number of rotatable bonds is 1. The standard InChI is InChI=1S/C13H18N2/c1-9-2-4-12(7-13(9)14)15-8-10-3-5-11(15)6-10/h2,4,7,10-11H,3,5-6,8,14H2,1H3. The van der Waals surface area contributed by atoms with Crippen molar-refractivity contribution in [3.63, 3.8) is 0 Å². The van der Waals surface area contributed by atoms with Crippen LogP contribution in [0.3, 0.4) is 0 Å². The van der Waals surface area contributed by atoms with E-state index in [9.17, 15) is 0 Å². The van der Waals surface area contributed by atoms with Crippen molar-refractivity contribution >= 4 is 11.4 Å². The number of benzene rings is 1. The molecule has 0 amide bonds. The maximum absolute atomic E-state index is 5.96. The Balaban J connectivity index is 1.90. The van der Waals surface area contributed by atoms with Gasteiger partial charge < -0.3 is 10.6 Å². The Morgan fingerprint density at radius 3 is 2.80 bits per heavy atom. The molecule has 0 spiro atoms.